The largest absolute Gasteiger partial charge is 0.443 e. The molecule has 0 aliphatic rings. The van der Waals surface area contributed by atoms with Gasteiger partial charge < -0.3 is 15.0 Å². The molecule has 154 valence electrons. The molecule has 0 radical (unpaired) electrons. The molecule has 1 aromatic carbocycles. The van der Waals surface area contributed by atoms with Gasteiger partial charge in [0.1, 0.15) is 17.2 Å². The lowest BCUT2D eigenvalue weighted by atomic mass is 10.1. The minimum atomic E-state index is -0.751. The highest BCUT2D eigenvalue weighted by molar-refractivity contribution is 5.89. The number of hydrogen-bond acceptors (Lipinski definition) is 5. The number of hydrogen-bond donors (Lipinski definition) is 1. The first-order chi connectivity index (χ1) is 13.6. The summed E-state index contributed by atoms with van der Waals surface area (Å²) in [5.74, 6) is -0.191. The number of nitrogens with two attached hydrogens (primary N) is 1. The summed E-state index contributed by atoms with van der Waals surface area (Å²) >= 11 is 0. The van der Waals surface area contributed by atoms with Crippen LogP contribution in [0.5, 0.6) is 0 Å². The number of ether oxygens (including phenoxy) is 1. The van der Waals surface area contributed by atoms with Gasteiger partial charge in [-0.3, -0.25) is 4.79 Å². The minimum absolute atomic E-state index is 0.00895. The van der Waals surface area contributed by atoms with Crippen LogP contribution in [0.2, 0.25) is 0 Å². The average molecular weight is 400 g/mol. The summed E-state index contributed by atoms with van der Waals surface area (Å²) in [5, 5.41) is 0. The number of benzene rings is 1. The molecule has 29 heavy (non-hydrogen) atoms. The van der Waals surface area contributed by atoms with E-state index in [1.54, 1.807) is 33.0 Å². The van der Waals surface area contributed by atoms with Crippen molar-refractivity contribution in [1.82, 2.24) is 14.1 Å². The monoisotopic (exact) mass is 400 g/mol. The molecule has 0 saturated heterocycles. The van der Waals surface area contributed by atoms with Gasteiger partial charge in [0.15, 0.2) is 0 Å². The Balaban J connectivity index is 2.22. The number of nitrogen functional groups attached to an aromatic ring is 1. The van der Waals surface area contributed by atoms with Gasteiger partial charge in [-0.25, -0.2) is 18.7 Å². The first-order valence-corrected chi connectivity index (χ1v) is 9.48. The second-order valence-corrected chi connectivity index (χ2v) is 7.92. The number of nitrogens with zero attached hydrogens (tertiary/aromatic N) is 3. The van der Waals surface area contributed by atoms with Crippen LogP contribution < -0.4 is 11.3 Å². The molecule has 0 bridgehead atoms. The Kier molecular flexibility index (Phi) is 5.46. The number of carbonyl (C=O) groups excluding carboxylic acids is 1. The second kappa shape index (κ2) is 7.69. The SMILES string of the molecule is CCCc1cc(F)cc2c1nc(Cn1cccc(N)c1=O)n2C(=O)OC(C)(C)C. The van der Waals surface area contributed by atoms with Gasteiger partial charge in [-0.2, -0.15) is 0 Å². The van der Waals surface area contributed by atoms with Crippen LogP contribution in [0.4, 0.5) is 14.9 Å². The number of anilines is 1. The summed E-state index contributed by atoms with van der Waals surface area (Å²) in [6.45, 7) is 7.21. The maximum Gasteiger partial charge on any atom is 0.420 e. The quantitative estimate of drug-likeness (QED) is 0.721. The Labute approximate surface area is 167 Å². The van der Waals surface area contributed by atoms with E-state index in [-0.39, 0.29) is 18.1 Å². The van der Waals surface area contributed by atoms with Gasteiger partial charge in [0, 0.05) is 12.3 Å². The van der Waals surface area contributed by atoms with Gasteiger partial charge in [0.2, 0.25) is 0 Å². The molecule has 7 nitrogen and oxygen atoms in total. The van der Waals surface area contributed by atoms with Crippen molar-refractivity contribution in [2.24, 2.45) is 0 Å². The second-order valence-electron chi connectivity index (χ2n) is 7.92. The fourth-order valence-corrected chi connectivity index (χ4v) is 3.17. The van der Waals surface area contributed by atoms with Crippen molar-refractivity contribution >= 4 is 22.8 Å². The van der Waals surface area contributed by atoms with Crippen molar-refractivity contribution in [1.29, 1.82) is 0 Å². The van der Waals surface area contributed by atoms with Gasteiger partial charge in [-0.1, -0.05) is 13.3 Å². The predicted octanol–water partition coefficient (Wildman–Crippen LogP) is 3.70. The molecule has 0 atom stereocenters. The molecule has 8 heteroatoms. The molecule has 0 aliphatic carbocycles. The fraction of sp³-hybridized carbons (Fsp3) is 0.381. The lowest BCUT2D eigenvalue weighted by Gasteiger charge is -2.20. The molecular weight excluding hydrogens is 375 g/mol. The third-order valence-electron chi connectivity index (χ3n) is 4.33. The molecule has 0 saturated carbocycles. The van der Waals surface area contributed by atoms with Gasteiger partial charge in [-0.15, -0.1) is 0 Å². The highest BCUT2D eigenvalue weighted by Crippen LogP contribution is 2.25. The molecular formula is C21H25FN4O3. The highest BCUT2D eigenvalue weighted by Gasteiger charge is 2.25. The molecule has 2 heterocycles. The van der Waals surface area contributed by atoms with Crippen LogP contribution in [0.15, 0.2) is 35.3 Å². The number of fused-ring (bicyclic) bond motifs is 1. The van der Waals surface area contributed by atoms with Crippen molar-refractivity contribution in [3.8, 4) is 0 Å². The minimum Gasteiger partial charge on any atom is -0.443 e. The number of carbonyl (C=O) groups is 1. The van der Waals surface area contributed by atoms with Crippen LogP contribution in [0.1, 0.15) is 45.5 Å². The van der Waals surface area contributed by atoms with Crippen molar-refractivity contribution in [3.63, 3.8) is 0 Å². The number of aromatic nitrogens is 3. The Morgan fingerprint density at radius 2 is 2.03 bits per heavy atom. The van der Waals surface area contributed by atoms with E-state index in [9.17, 15) is 14.0 Å². The van der Waals surface area contributed by atoms with Gasteiger partial charge in [-0.05, 0) is 51.0 Å². The maximum atomic E-state index is 14.3. The molecule has 0 aliphatic heterocycles. The van der Waals surface area contributed by atoms with E-state index in [4.69, 9.17) is 10.5 Å². The summed E-state index contributed by atoms with van der Waals surface area (Å²) in [6, 6.07) is 5.83. The number of aryl methyl sites for hydroxylation is 1. The average Bonchev–Trinajstić information content (AvgIpc) is 2.96. The summed E-state index contributed by atoms with van der Waals surface area (Å²) in [4.78, 5) is 29.9. The zero-order valence-electron chi connectivity index (χ0n) is 17.0. The van der Waals surface area contributed by atoms with Crippen LogP contribution in [-0.4, -0.2) is 25.8 Å². The molecule has 2 aromatic heterocycles. The summed E-state index contributed by atoms with van der Waals surface area (Å²) in [5.41, 5.74) is 6.19. The molecule has 2 N–H and O–H groups in total. The lowest BCUT2D eigenvalue weighted by Crippen LogP contribution is -2.30. The number of imidazole rings is 1. The Hall–Kier alpha value is -3.16. The number of halogens is 1. The number of rotatable bonds is 4. The number of pyridine rings is 1. The van der Waals surface area contributed by atoms with Crippen molar-refractivity contribution in [3.05, 3.63) is 58.0 Å². The molecule has 0 spiro atoms. The fourth-order valence-electron chi connectivity index (χ4n) is 3.17. The standard InChI is InChI=1S/C21H25FN4O3/c1-5-7-13-10-14(22)11-16-18(13)24-17(26(16)20(28)29-21(2,3)4)12-25-9-6-8-15(23)19(25)27/h6,8-11H,5,7,12,23H2,1-4H3. The third kappa shape index (κ3) is 4.31. The van der Waals surface area contributed by atoms with E-state index in [0.717, 1.165) is 6.42 Å². The van der Waals surface area contributed by atoms with Crippen LogP contribution in [0.25, 0.3) is 11.0 Å². The van der Waals surface area contributed by atoms with Crippen LogP contribution >= 0.6 is 0 Å². The smallest absolute Gasteiger partial charge is 0.420 e. The molecule has 0 fully saturated rings. The normalized spacial score (nSPS) is 11.8. The first-order valence-electron chi connectivity index (χ1n) is 9.48. The zero-order chi connectivity index (χ0) is 21.3. The maximum absolute atomic E-state index is 14.3. The van der Waals surface area contributed by atoms with Crippen molar-refractivity contribution in [2.75, 3.05) is 5.73 Å². The Morgan fingerprint density at radius 1 is 1.31 bits per heavy atom. The highest BCUT2D eigenvalue weighted by atomic mass is 19.1. The van der Waals surface area contributed by atoms with Crippen LogP contribution in [0.3, 0.4) is 0 Å². The predicted molar refractivity (Wildman–Crippen MR) is 110 cm³/mol. The zero-order valence-corrected chi connectivity index (χ0v) is 17.0. The van der Waals surface area contributed by atoms with E-state index in [1.165, 1.54) is 27.3 Å². The van der Waals surface area contributed by atoms with E-state index in [0.29, 0.717) is 23.0 Å². The van der Waals surface area contributed by atoms with E-state index < -0.39 is 23.1 Å². The molecule has 0 unspecified atom stereocenters. The van der Waals surface area contributed by atoms with E-state index >= 15 is 0 Å². The summed E-state index contributed by atoms with van der Waals surface area (Å²) in [6.07, 6.45) is 2.28. The Morgan fingerprint density at radius 3 is 2.69 bits per heavy atom. The van der Waals surface area contributed by atoms with Crippen molar-refractivity contribution < 1.29 is 13.9 Å². The summed E-state index contributed by atoms with van der Waals surface area (Å²) in [7, 11) is 0. The van der Waals surface area contributed by atoms with Crippen LogP contribution in [0, 0.1) is 5.82 Å². The van der Waals surface area contributed by atoms with E-state index in [2.05, 4.69) is 4.98 Å². The Bertz CT molecular complexity index is 1130. The topological polar surface area (TPSA) is 92.1 Å². The molecule has 3 rings (SSSR count). The van der Waals surface area contributed by atoms with Crippen LogP contribution in [-0.2, 0) is 17.7 Å². The third-order valence-corrected chi connectivity index (χ3v) is 4.33. The van der Waals surface area contributed by atoms with Gasteiger partial charge in [0.05, 0.1) is 23.3 Å². The molecule has 0 amide bonds. The lowest BCUT2D eigenvalue weighted by molar-refractivity contribution is 0.0538. The molecule has 3 aromatic rings. The van der Waals surface area contributed by atoms with Crippen molar-refractivity contribution in [2.45, 2.75) is 52.7 Å². The summed E-state index contributed by atoms with van der Waals surface area (Å²) < 4.78 is 22.4. The van der Waals surface area contributed by atoms with Gasteiger partial charge >= 0.3 is 6.09 Å². The van der Waals surface area contributed by atoms with Gasteiger partial charge in [0.25, 0.3) is 5.56 Å². The first kappa shape index (κ1) is 20.6. The van der Waals surface area contributed by atoms with E-state index in [1.807, 2.05) is 6.92 Å².